The maximum absolute atomic E-state index is 9.67. The molecule has 1 aromatic carbocycles. The second-order valence-corrected chi connectivity index (χ2v) is 7.94. The monoisotopic (exact) mass is 314 g/mol. The third-order valence-electron chi connectivity index (χ3n) is 6.36. The van der Waals surface area contributed by atoms with Gasteiger partial charge in [0.25, 0.3) is 0 Å². The van der Waals surface area contributed by atoms with Crippen LogP contribution in [0.5, 0.6) is 0 Å². The van der Waals surface area contributed by atoms with E-state index >= 15 is 0 Å². The second-order valence-electron chi connectivity index (χ2n) is 7.94. The van der Waals surface area contributed by atoms with Crippen molar-refractivity contribution in [2.24, 2.45) is 11.8 Å². The van der Waals surface area contributed by atoms with Crippen molar-refractivity contribution in [2.75, 3.05) is 13.1 Å². The number of nitrogens with zero attached hydrogens (tertiary/aromatic N) is 1. The van der Waals surface area contributed by atoms with Crippen molar-refractivity contribution in [3.63, 3.8) is 0 Å². The number of hydrogen-bond donors (Lipinski definition) is 2. The Morgan fingerprint density at radius 2 is 1.78 bits per heavy atom. The normalized spacial score (nSPS) is 31.8. The molecule has 3 heteroatoms. The van der Waals surface area contributed by atoms with Crippen molar-refractivity contribution in [1.82, 2.24) is 10.2 Å². The molecule has 0 amide bonds. The molecule has 2 bridgehead atoms. The summed E-state index contributed by atoms with van der Waals surface area (Å²) in [5, 5.41) is 13.5. The minimum Gasteiger partial charge on any atom is -0.393 e. The van der Waals surface area contributed by atoms with Crippen LogP contribution in [0.1, 0.15) is 49.7 Å². The lowest BCUT2D eigenvalue weighted by Gasteiger charge is -2.30. The fraction of sp³-hybridized carbons (Fsp3) is 0.700. The van der Waals surface area contributed by atoms with E-state index in [1.54, 1.807) is 0 Å². The molecule has 126 valence electrons. The zero-order valence-corrected chi connectivity index (χ0v) is 14.1. The topological polar surface area (TPSA) is 35.5 Å². The lowest BCUT2D eigenvalue weighted by molar-refractivity contribution is 0.0791. The van der Waals surface area contributed by atoms with Gasteiger partial charge in [-0.05, 0) is 55.1 Å². The fourth-order valence-electron chi connectivity index (χ4n) is 4.94. The summed E-state index contributed by atoms with van der Waals surface area (Å²) in [7, 11) is 0. The Labute approximate surface area is 140 Å². The molecule has 3 aliphatic rings. The van der Waals surface area contributed by atoms with E-state index in [1.807, 2.05) is 0 Å². The van der Waals surface area contributed by atoms with Crippen LogP contribution < -0.4 is 5.32 Å². The molecule has 0 spiro atoms. The molecule has 3 unspecified atom stereocenters. The molecular formula is C20H30N2O. The Hall–Kier alpha value is -0.900. The van der Waals surface area contributed by atoms with Gasteiger partial charge in [-0.3, -0.25) is 4.90 Å². The summed E-state index contributed by atoms with van der Waals surface area (Å²) in [6.07, 6.45) is 7.55. The molecule has 0 radical (unpaired) electrons. The van der Waals surface area contributed by atoms with E-state index in [4.69, 9.17) is 0 Å². The van der Waals surface area contributed by atoms with Crippen molar-refractivity contribution >= 4 is 0 Å². The number of hydrogen-bond acceptors (Lipinski definition) is 3. The molecule has 2 aliphatic carbocycles. The van der Waals surface area contributed by atoms with Crippen molar-refractivity contribution < 1.29 is 5.11 Å². The van der Waals surface area contributed by atoms with Crippen LogP contribution in [-0.2, 0) is 13.1 Å². The van der Waals surface area contributed by atoms with Crippen molar-refractivity contribution in [3.8, 4) is 0 Å². The molecule has 23 heavy (non-hydrogen) atoms. The average Bonchev–Trinajstić information content (AvgIpc) is 3.19. The highest BCUT2D eigenvalue weighted by Crippen LogP contribution is 2.44. The molecule has 1 aliphatic heterocycles. The summed E-state index contributed by atoms with van der Waals surface area (Å²) in [5.41, 5.74) is 2.92. The lowest BCUT2D eigenvalue weighted by atomic mass is 9.95. The second kappa shape index (κ2) is 6.92. The summed E-state index contributed by atoms with van der Waals surface area (Å²) in [4.78, 5) is 2.49. The van der Waals surface area contributed by atoms with Crippen LogP contribution in [0.15, 0.2) is 24.3 Å². The van der Waals surface area contributed by atoms with Gasteiger partial charge in [0.05, 0.1) is 6.10 Å². The number of fused-ring (bicyclic) bond motifs is 2. The highest BCUT2D eigenvalue weighted by atomic mass is 16.3. The minimum atomic E-state index is -0.0825. The summed E-state index contributed by atoms with van der Waals surface area (Å²) in [5.74, 6) is 1.95. The number of aliphatic hydroxyl groups excluding tert-OH is 1. The van der Waals surface area contributed by atoms with Gasteiger partial charge in [-0.25, -0.2) is 0 Å². The molecule has 2 saturated carbocycles. The molecule has 0 aromatic heterocycles. The van der Waals surface area contributed by atoms with Gasteiger partial charge in [-0.1, -0.05) is 30.7 Å². The van der Waals surface area contributed by atoms with Gasteiger partial charge >= 0.3 is 0 Å². The molecule has 1 heterocycles. The Bertz CT molecular complexity index is 524. The van der Waals surface area contributed by atoms with Gasteiger partial charge in [-0.2, -0.15) is 0 Å². The van der Waals surface area contributed by atoms with Gasteiger partial charge in [0.2, 0.25) is 0 Å². The zero-order chi connectivity index (χ0) is 15.6. The first-order chi connectivity index (χ1) is 11.3. The van der Waals surface area contributed by atoms with Crippen molar-refractivity contribution in [3.05, 3.63) is 35.4 Å². The smallest absolute Gasteiger partial charge is 0.0564 e. The van der Waals surface area contributed by atoms with E-state index in [0.29, 0.717) is 0 Å². The van der Waals surface area contributed by atoms with Crippen LogP contribution in [0.2, 0.25) is 0 Å². The van der Waals surface area contributed by atoms with Gasteiger partial charge in [0, 0.05) is 32.2 Å². The van der Waals surface area contributed by atoms with Crippen LogP contribution in [0.25, 0.3) is 0 Å². The first-order valence-corrected chi connectivity index (χ1v) is 9.48. The molecule has 3 nitrogen and oxygen atoms in total. The van der Waals surface area contributed by atoms with Crippen LogP contribution in [-0.4, -0.2) is 35.2 Å². The molecule has 4 rings (SSSR count). The van der Waals surface area contributed by atoms with Gasteiger partial charge < -0.3 is 10.4 Å². The Morgan fingerprint density at radius 1 is 1.00 bits per heavy atom. The van der Waals surface area contributed by atoms with Crippen LogP contribution in [0, 0.1) is 11.8 Å². The molecule has 3 atom stereocenters. The highest BCUT2D eigenvalue weighted by Gasteiger charge is 2.39. The average molecular weight is 314 g/mol. The maximum atomic E-state index is 9.67. The lowest BCUT2D eigenvalue weighted by Crippen LogP contribution is -2.36. The van der Waals surface area contributed by atoms with E-state index in [0.717, 1.165) is 56.9 Å². The van der Waals surface area contributed by atoms with Crippen LogP contribution >= 0.6 is 0 Å². The van der Waals surface area contributed by atoms with Gasteiger partial charge in [0.15, 0.2) is 0 Å². The first kappa shape index (κ1) is 15.6. The zero-order valence-electron chi connectivity index (χ0n) is 14.1. The minimum absolute atomic E-state index is 0.0825. The Morgan fingerprint density at radius 3 is 2.48 bits per heavy atom. The van der Waals surface area contributed by atoms with Gasteiger partial charge in [0.1, 0.15) is 0 Å². The van der Waals surface area contributed by atoms with E-state index in [-0.39, 0.29) is 6.10 Å². The number of aliphatic hydroxyl groups is 1. The third-order valence-corrected chi connectivity index (χ3v) is 6.36. The largest absolute Gasteiger partial charge is 0.393 e. The number of benzene rings is 1. The number of nitrogens with one attached hydrogen (secondary N) is 1. The third kappa shape index (κ3) is 3.62. The standard InChI is InChI=1S/C20H30N2O/c23-19-7-9-22(10-8-19)14-18-4-2-1-3-17(18)13-21-20-12-15-5-6-16(20)11-15/h1-4,15-16,19-21,23H,5-14H2. The first-order valence-electron chi connectivity index (χ1n) is 9.48. The van der Waals surface area contributed by atoms with Crippen molar-refractivity contribution in [1.29, 1.82) is 0 Å². The maximum Gasteiger partial charge on any atom is 0.0564 e. The SMILES string of the molecule is OC1CCN(Cc2ccccc2CNC2CC3CCC2C3)CC1. The van der Waals surface area contributed by atoms with E-state index < -0.39 is 0 Å². The Kier molecular flexibility index (Phi) is 4.70. The summed E-state index contributed by atoms with van der Waals surface area (Å²) in [6.45, 7) is 4.09. The van der Waals surface area contributed by atoms with Crippen LogP contribution in [0.4, 0.5) is 0 Å². The summed E-state index contributed by atoms with van der Waals surface area (Å²) < 4.78 is 0. The number of likely N-dealkylation sites (tertiary alicyclic amines) is 1. The molecule has 1 saturated heterocycles. The molecular weight excluding hydrogens is 284 g/mol. The van der Waals surface area contributed by atoms with Crippen LogP contribution in [0.3, 0.4) is 0 Å². The Balaban J connectivity index is 1.35. The molecule has 2 N–H and O–H groups in total. The van der Waals surface area contributed by atoms with E-state index in [9.17, 15) is 5.11 Å². The quantitative estimate of drug-likeness (QED) is 0.877. The molecule has 1 aromatic rings. The summed E-state index contributed by atoms with van der Waals surface area (Å²) in [6, 6.07) is 9.65. The van der Waals surface area contributed by atoms with Crippen molar-refractivity contribution in [2.45, 2.75) is 63.8 Å². The van der Waals surface area contributed by atoms with E-state index in [1.165, 1.54) is 36.8 Å². The molecule has 3 fully saturated rings. The predicted octanol–water partition coefficient (Wildman–Crippen LogP) is 2.92. The predicted molar refractivity (Wildman–Crippen MR) is 93.0 cm³/mol. The summed E-state index contributed by atoms with van der Waals surface area (Å²) >= 11 is 0. The van der Waals surface area contributed by atoms with E-state index in [2.05, 4.69) is 34.5 Å². The van der Waals surface area contributed by atoms with Gasteiger partial charge in [-0.15, -0.1) is 0 Å². The number of piperidine rings is 1. The highest BCUT2D eigenvalue weighted by molar-refractivity contribution is 5.27. The fourth-order valence-corrected chi connectivity index (χ4v) is 4.94. The number of rotatable bonds is 5.